The zero-order chi connectivity index (χ0) is 21.6. The van der Waals surface area contributed by atoms with Crippen LogP contribution < -0.4 is 0 Å². The summed E-state index contributed by atoms with van der Waals surface area (Å²) in [5.74, 6) is 0.358. The van der Waals surface area contributed by atoms with Crippen LogP contribution in [0.2, 0.25) is 0 Å². The van der Waals surface area contributed by atoms with Gasteiger partial charge in [-0.15, -0.1) is 0 Å². The van der Waals surface area contributed by atoms with Crippen LogP contribution in [0.5, 0.6) is 0 Å². The number of hydrogen-bond acceptors (Lipinski definition) is 3. The minimum absolute atomic E-state index is 0.110. The predicted octanol–water partition coefficient (Wildman–Crippen LogP) is 5.42. The lowest BCUT2D eigenvalue weighted by molar-refractivity contribution is -0.129. The highest BCUT2D eigenvalue weighted by Gasteiger charge is 2.29. The molecule has 4 heteroatoms. The first-order valence-corrected chi connectivity index (χ1v) is 12.2. The van der Waals surface area contributed by atoms with E-state index in [0.29, 0.717) is 5.70 Å². The van der Waals surface area contributed by atoms with E-state index in [2.05, 4.69) is 61.2 Å². The number of aliphatic imine (C=N–C) groups is 1. The number of carbonyl (C=O) groups is 1. The number of amides is 1. The zero-order valence-corrected chi connectivity index (χ0v) is 19.2. The van der Waals surface area contributed by atoms with Crippen LogP contribution in [0.25, 0.3) is 6.08 Å². The third-order valence-electron chi connectivity index (χ3n) is 7.13. The molecule has 1 aromatic rings. The number of hydrogen-bond donors (Lipinski definition) is 0. The maximum Gasteiger partial charge on any atom is 0.272 e. The molecule has 1 saturated carbocycles. The molecule has 1 heterocycles. The second kappa shape index (κ2) is 10.4. The molecule has 1 amide bonds. The van der Waals surface area contributed by atoms with Gasteiger partial charge in [0.05, 0.1) is 0 Å². The molecule has 0 bridgehead atoms. The van der Waals surface area contributed by atoms with Crippen LogP contribution >= 0.6 is 0 Å². The fraction of sp³-hybridized carbons (Fsp3) is 0.556. The second-order valence-electron chi connectivity index (χ2n) is 9.22. The van der Waals surface area contributed by atoms with Gasteiger partial charge in [-0.05, 0) is 43.7 Å². The molecule has 0 N–H and O–H groups in total. The Morgan fingerprint density at radius 1 is 1.13 bits per heavy atom. The minimum Gasteiger partial charge on any atom is -0.335 e. The summed E-state index contributed by atoms with van der Waals surface area (Å²) in [5, 5.41) is 0. The first-order chi connectivity index (χ1) is 15.2. The molecule has 2 aliphatic carbocycles. The van der Waals surface area contributed by atoms with E-state index in [4.69, 9.17) is 4.99 Å². The standard InChI is InChI=1S/C27H37N3O/c1-3-4-16-26(27(31)30-19-17-29(18-20-30)23-12-6-7-13-23)28-21(2)24-15-9-11-22-10-5-8-14-25(22)24/h5,8-11,14,16,23-24H,3-4,6-7,12-13,15,17-20H2,1-2H3/b26-16-,28-21?. The predicted molar refractivity (Wildman–Crippen MR) is 129 cm³/mol. The Kier molecular flexibility index (Phi) is 7.39. The summed E-state index contributed by atoms with van der Waals surface area (Å²) >= 11 is 0. The van der Waals surface area contributed by atoms with Gasteiger partial charge >= 0.3 is 0 Å². The Balaban J connectivity index is 1.47. The first kappa shape index (κ1) is 22.0. The van der Waals surface area contributed by atoms with E-state index in [1.54, 1.807) is 0 Å². The number of benzene rings is 1. The van der Waals surface area contributed by atoms with Crippen molar-refractivity contribution in [3.05, 3.63) is 53.2 Å². The quantitative estimate of drug-likeness (QED) is 0.456. The summed E-state index contributed by atoms with van der Waals surface area (Å²) in [4.78, 5) is 23.0. The maximum absolute atomic E-state index is 13.4. The Hall–Kier alpha value is -2.20. The van der Waals surface area contributed by atoms with Crippen molar-refractivity contribution in [3.63, 3.8) is 0 Å². The molecule has 1 aliphatic heterocycles. The second-order valence-corrected chi connectivity index (χ2v) is 9.22. The van der Waals surface area contributed by atoms with Crippen LogP contribution in [0, 0.1) is 0 Å². The largest absolute Gasteiger partial charge is 0.335 e. The van der Waals surface area contributed by atoms with E-state index in [1.807, 2.05) is 4.90 Å². The maximum atomic E-state index is 13.4. The van der Waals surface area contributed by atoms with Crippen LogP contribution in [0.4, 0.5) is 0 Å². The van der Waals surface area contributed by atoms with E-state index < -0.39 is 0 Å². The summed E-state index contributed by atoms with van der Waals surface area (Å²) in [7, 11) is 0. The smallest absolute Gasteiger partial charge is 0.272 e. The van der Waals surface area contributed by atoms with Crippen molar-refractivity contribution in [3.8, 4) is 0 Å². The fourth-order valence-electron chi connectivity index (χ4n) is 5.28. The molecule has 3 aliphatic rings. The molecule has 0 aromatic heterocycles. The van der Waals surface area contributed by atoms with E-state index >= 15 is 0 Å². The lowest BCUT2D eigenvalue weighted by Gasteiger charge is -2.38. The average molecular weight is 420 g/mol. The number of fused-ring (bicyclic) bond motifs is 1. The van der Waals surface area contributed by atoms with Gasteiger partial charge in [0.2, 0.25) is 0 Å². The van der Waals surface area contributed by atoms with E-state index in [0.717, 1.165) is 57.2 Å². The number of allylic oxidation sites excluding steroid dienone is 2. The summed E-state index contributed by atoms with van der Waals surface area (Å²) in [6, 6.07) is 9.28. The van der Waals surface area contributed by atoms with Gasteiger partial charge in [0.25, 0.3) is 5.91 Å². The molecular formula is C27H37N3O. The third-order valence-corrected chi connectivity index (χ3v) is 7.13. The van der Waals surface area contributed by atoms with Crippen molar-refractivity contribution in [1.82, 2.24) is 9.80 Å². The van der Waals surface area contributed by atoms with Crippen molar-refractivity contribution in [2.75, 3.05) is 26.2 Å². The molecule has 1 unspecified atom stereocenters. The Labute approximate surface area is 187 Å². The molecule has 1 aromatic carbocycles. The Morgan fingerprint density at radius 3 is 2.61 bits per heavy atom. The summed E-state index contributed by atoms with van der Waals surface area (Å²) in [6.07, 6.45) is 14.7. The highest BCUT2D eigenvalue weighted by Crippen LogP contribution is 2.31. The Bertz CT molecular complexity index is 855. The monoisotopic (exact) mass is 419 g/mol. The van der Waals surface area contributed by atoms with E-state index in [-0.39, 0.29) is 11.8 Å². The zero-order valence-electron chi connectivity index (χ0n) is 19.2. The molecule has 1 saturated heterocycles. The normalized spacial score (nSPS) is 23.3. The number of rotatable bonds is 6. The van der Waals surface area contributed by atoms with Crippen LogP contribution in [-0.4, -0.2) is 53.6 Å². The van der Waals surface area contributed by atoms with Crippen molar-refractivity contribution in [1.29, 1.82) is 0 Å². The van der Waals surface area contributed by atoms with Crippen molar-refractivity contribution < 1.29 is 4.79 Å². The van der Waals surface area contributed by atoms with Crippen LogP contribution in [0.3, 0.4) is 0 Å². The van der Waals surface area contributed by atoms with Crippen molar-refractivity contribution >= 4 is 17.7 Å². The number of carbonyl (C=O) groups excluding carboxylic acids is 1. The molecule has 31 heavy (non-hydrogen) atoms. The van der Waals surface area contributed by atoms with Gasteiger partial charge < -0.3 is 4.90 Å². The molecule has 166 valence electrons. The molecule has 0 spiro atoms. The van der Waals surface area contributed by atoms with Crippen LogP contribution in [0.15, 0.2) is 47.1 Å². The molecule has 4 rings (SSSR count). The SMILES string of the molecule is CCC/C=C(\N=C(C)C1CC=Cc2ccccc21)C(=O)N1CCN(C2CCCC2)CC1. The number of unbranched alkanes of at least 4 members (excludes halogenated alkanes) is 1. The molecular weight excluding hydrogens is 382 g/mol. The molecule has 4 nitrogen and oxygen atoms in total. The topological polar surface area (TPSA) is 35.9 Å². The number of piperazine rings is 1. The van der Waals surface area contributed by atoms with Crippen molar-refractivity contribution in [2.24, 2.45) is 4.99 Å². The lowest BCUT2D eigenvalue weighted by atomic mass is 9.84. The summed E-state index contributed by atoms with van der Waals surface area (Å²) in [5.41, 5.74) is 4.26. The first-order valence-electron chi connectivity index (χ1n) is 12.2. The highest BCUT2D eigenvalue weighted by molar-refractivity contribution is 5.99. The van der Waals surface area contributed by atoms with Crippen LogP contribution in [-0.2, 0) is 4.79 Å². The third kappa shape index (κ3) is 5.17. The fourth-order valence-corrected chi connectivity index (χ4v) is 5.28. The minimum atomic E-state index is 0.110. The molecule has 2 fully saturated rings. The van der Waals surface area contributed by atoms with Gasteiger partial charge in [0, 0.05) is 43.9 Å². The van der Waals surface area contributed by atoms with Gasteiger partial charge in [-0.2, -0.15) is 0 Å². The summed E-state index contributed by atoms with van der Waals surface area (Å²) in [6.45, 7) is 7.88. The van der Waals surface area contributed by atoms with E-state index in [9.17, 15) is 4.79 Å². The van der Waals surface area contributed by atoms with Gasteiger partial charge in [-0.25, -0.2) is 0 Å². The lowest BCUT2D eigenvalue weighted by Crippen LogP contribution is -2.51. The van der Waals surface area contributed by atoms with Gasteiger partial charge in [-0.1, -0.05) is 68.7 Å². The summed E-state index contributed by atoms with van der Waals surface area (Å²) < 4.78 is 0. The number of nitrogens with zero attached hydrogens (tertiary/aromatic N) is 3. The van der Waals surface area contributed by atoms with Crippen molar-refractivity contribution in [2.45, 2.75) is 70.8 Å². The highest BCUT2D eigenvalue weighted by atomic mass is 16.2. The van der Waals surface area contributed by atoms with Gasteiger partial charge in [-0.3, -0.25) is 14.7 Å². The molecule has 0 radical (unpaired) electrons. The Morgan fingerprint density at radius 2 is 1.87 bits per heavy atom. The van der Waals surface area contributed by atoms with E-state index in [1.165, 1.54) is 36.8 Å². The van der Waals surface area contributed by atoms with Gasteiger partial charge in [0.15, 0.2) is 0 Å². The average Bonchev–Trinajstić information content (AvgIpc) is 3.36. The van der Waals surface area contributed by atoms with Gasteiger partial charge in [0.1, 0.15) is 5.70 Å². The van der Waals surface area contributed by atoms with Crippen LogP contribution in [0.1, 0.15) is 75.8 Å². The molecule has 1 atom stereocenters.